The fourth-order valence-electron chi connectivity index (χ4n) is 2.40. The molecular formula is C13H19NO5S2. The first kappa shape index (κ1) is 16.4. The molecule has 1 fully saturated rings. The average Bonchev–Trinajstić information content (AvgIpc) is 2.87. The van der Waals surface area contributed by atoms with E-state index in [9.17, 15) is 13.2 Å². The normalized spacial score (nSPS) is 23.0. The molecule has 2 N–H and O–H groups in total. The summed E-state index contributed by atoms with van der Waals surface area (Å²) in [5, 5.41) is 5.03. The van der Waals surface area contributed by atoms with Crippen LogP contribution in [0.2, 0.25) is 0 Å². The maximum Gasteiger partial charge on any atom is 0.311 e. The van der Waals surface area contributed by atoms with E-state index in [4.69, 9.17) is 14.6 Å². The molecule has 1 heterocycles. The van der Waals surface area contributed by atoms with Crippen LogP contribution < -0.4 is 5.14 Å². The summed E-state index contributed by atoms with van der Waals surface area (Å²) in [5.74, 6) is -0.348. The zero-order chi connectivity index (χ0) is 15.5. The SMILES string of the molecule is COC1CCCC(OC(=O)Cc2ccc(S(N)(=O)=O)s2)C1. The molecule has 0 bridgehead atoms. The van der Waals surface area contributed by atoms with Gasteiger partial charge in [0.1, 0.15) is 10.3 Å². The summed E-state index contributed by atoms with van der Waals surface area (Å²) in [6, 6.07) is 2.99. The Balaban J connectivity index is 1.88. The van der Waals surface area contributed by atoms with Crippen LogP contribution in [-0.4, -0.2) is 33.7 Å². The van der Waals surface area contributed by atoms with E-state index >= 15 is 0 Å². The third-order valence-electron chi connectivity index (χ3n) is 3.45. The topological polar surface area (TPSA) is 95.7 Å². The third kappa shape index (κ3) is 4.77. The van der Waals surface area contributed by atoms with Crippen LogP contribution in [0, 0.1) is 0 Å². The van der Waals surface area contributed by atoms with Crippen LogP contribution >= 0.6 is 11.3 Å². The van der Waals surface area contributed by atoms with Crippen molar-refractivity contribution in [2.45, 2.75) is 48.5 Å². The van der Waals surface area contributed by atoms with E-state index in [1.807, 2.05) is 0 Å². The molecule has 1 aliphatic carbocycles. The van der Waals surface area contributed by atoms with Crippen molar-refractivity contribution in [3.8, 4) is 0 Å². The van der Waals surface area contributed by atoms with E-state index in [1.165, 1.54) is 6.07 Å². The lowest BCUT2D eigenvalue weighted by Crippen LogP contribution is -2.29. The van der Waals surface area contributed by atoms with E-state index in [-0.39, 0.29) is 28.8 Å². The summed E-state index contributed by atoms with van der Waals surface area (Å²) in [7, 11) is -2.04. The molecule has 118 valence electrons. The molecule has 2 atom stereocenters. The summed E-state index contributed by atoms with van der Waals surface area (Å²) < 4.78 is 33.1. The van der Waals surface area contributed by atoms with E-state index in [2.05, 4.69) is 0 Å². The number of hydrogen-bond donors (Lipinski definition) is 1. The lowest BCUT2D eigenvalue weighted by Gasteiger charge is -2.27. The van der Waals surface area contributed by atoms with Gasteiger partial charge in [-0.2, -0.15) is 0 Å². The van der Waals surface area contributed by atoms with Crippen LogP contribution in [0.15, 0.2) is 16.3 Å². The molecule has 0 aliphatic heterocycles. The van der Waals surface area contributed by atoms with E-state index in [0.29, 0.717) is 4.88 Å². The Labute approximate surface area is 128 Å². The van der Waals surface area contributed by atoms with Crippen LogP contribution in [0.1, 0.15) is 30.6 Å². The number of primary sulfonamides is 1. The van der Waals surface area contributed by atoms with Crippen molar-refractivity contribution in [1.29, 1.82) is 0 Å². The van der Waals surface area contributed by atoms with Crippen molar-refractivity contribution in [3.05, 3.63) is 17.0 Å². The number of carbonyl (C=O) groups excluding carboxylic acids is 1. The molecule has 1 aromatic heterocycles. The second kappa shape index (κ2) is 6.87. The van der Waals surface area contributed by atoms with Crippen LogP contribution in [0.5, 0.6) is 0 Å². The van der Waals surface area contributed by atoms with Gasteiger partial charge in [-0.15, -0.1) is 11.3 Å². The summed E-state index contributed by atoms with van der Waals surface area (Å²) in [6.45, 7) is 0. The van der Waals surface area contributed by atoms with Gasteiger partial charge in [0.25, 0.3) is 0 Å². The minimum Gasteiger partial charge on any atom is -0.462 e. The summed E-state index contributed by atoms with van der Waals surface area (Å²) in [5.41, 5.74) is 0. The van der Waals surface area contributed by atoms with Crippen molar-refractivity contribution in [2.24, 2.45) is 5.14 Å². The highest BCUT2D eigenvalue weighted by Gasteiger charge is 2.25. The Hall–Kier alpha value is -0.960. The van der Waals surface area contributed by atoms with Gasteiger partial charge < -0.3 is 9.47 Å². The first-order valence-electron chi connectivity index (χ1n) is 6.72. The Morgan fingerprint density at radius 3 is 2.71 bits per heavy atom. The Morgan fingerprint density at radius 1 is 1.38 bits per heavy atom. The fourth-order valence-corrected chi connectivity index (χ4v) is 4.16. The van der Waals surface area contributed by atoms with Gasteiger partial charge in [0.2, 0.25) is 10.0 Å². The van der Waals surface area contributed by atoms with Gasteiger partial charge >= 0.3 is 5.97 Å². The van der Waals surface area contributed by atoms with E-state index < -0.39 is 10.0 Å². The van der Waals surface area contributed by atoms with Crippen molar-refractivity contribution >= 4 is 27.3 Å². The highest BCUT2D eigenvalue weighted by molar-refractivity contribution is 7.91. The first-order valence-corrected chi connectivity index (χ1v) is 9.08. The number of rotatable bonds is 5. The maximum atomic E-state index is 11.9. The molecule has 1 aliphatic rings. The highest BCUT2D eigenvalue weighted by Crippen LogP contribution is 2.25. The highest BCUT2D eigenvalue weighted by atomic mass is 32.2. The van der Waals surface area contributed by atoms with Crippen LogP contribution in [0.3, 0.4) is 0 Å². The quantitative estimate of drug-likeness (QED) is 0.823. The minimum atomic E-state index is -3.71. The van der Waals surface area contributed by atoms with Crippen LogP contribution in [0.4, 0.5) is 0 Å². The number of methoxy groups -OCH3 is 1. The average molecular weight is 333 g/mol. The fraction of sp³-hybridized carbons (Fsp3) is 0.615. The zero-order valence-electron chi connectivity index (χ0n) is 11.8. The lowest BCUT2D eigenvalue weighted by molar-refractivity contribution is -0.151. The van der Waals surface area contributed by atoms with Crippen LogP contribution in [0.25, 0.3) is 0 Å². The number of esters is 1. The second-order valence-corrected chi connectivity index (χ2v) is 8.04. The predicted octanol–water partition coefficient (Wildman–Crippen LogP) is 1.44. The van der Waals surface area contributed by atoms with Crippen molar-refractivity contribution in [3.63, 3.8) is 0 Å². The molecule has 21 heavy (non-hydrogen) atoms. The largest absolute Gasteiger partial charge is 0.462 e. The Morgan fingerprint density at radius 2 is 2.10 bits per heavy atom. The predicted molar refractivity (Wildman–Crippen MR) is 78.5 cm³/mol. The molecule has 6 nitrogen and oxygen atoms in total. The van der Waals surface area contributed by atoms with E-state index in [0.717, 1.165) is 37.0 Å². The molecule has 1 saturated carbocycles. The van der Waals surface area contributed by atoms with Crippen molar-refractivity contribution in [1.82, 2.24) is 0 Å². The first-order chi connectivity index (χ1) is 9.88. The molecule has 0 saturated heterocycles. The molecule has 0 amide bonds. The molecule has 2 unspecified atom stereocenters. The summed E-state index contributed by atoms with van der Waals surface area (Å²) in [4.78, 5) is 12.5. The number of sulfonamides is 1. The summed E-state index contributed by atoms with van der Waals surface area (Å²) in [6.07, 6.45) is 3.63. The van der Waals surface area contributed by atoms with Gasteiger partial charge in [0.05, 0.1) is 12.5 Å². The number of thiophene rings is 1. The number of hydrogen-bond acceptors (Lipinski definition) is 6. The zero-order valence-corrected chi connectivity index (χ0v) is 13.4. The van der Waals surface area contributed by atoms with Gasteiger partial charge in [-0.05, 0) is 31.4 Å². The maximum absolute atomic E-state index is 11.9. The van der Waals surface area contributed by atoms with Gasteiger partial charge in [0.15, 0.2) is 0 Å². The molecule has 0 aromatic carbocycles. The lowest BCUT2D eigenvalue weighted by atomic mass is 9.95. The van der Waals surface area contributed by atoms with Gasteiger partial charge in [-0.3, -0.25) is 4.79 Å². The number of ether oxygens (including phenoxy) is 2. The Bertz CT molecular complexity index is 595. The number of nitrogens with two attached hydrogens (primary N) is 1. The molecule has 0 spiro atoms. The smallest absolute Gasteiger partial charge is 0.311 e. The van der Waals surface area contributed by atoms with Gasteiger partial charge in [0, 0.05) is 18.4 Å². The Kier molecular flexibility index (Phi) is 5.37. The van der Waals surface area contributed by atoms with Gasteiger partial charge in [-0.25, -0.2) is 13.6 Å². The minimum absolute atomic E-state index is 0.0578. The van der Waals surface area contributed by atoms with Gasteiger partial charge in [-0.1, -0.05) is 0 Å². The second-order valence-electron chi connectivity index (χ2n) is 5.08. The monoisotopic (exact) mass is 333 g/mol. The molecular weight excluding hydrogens is 314 g/mol. The molecule has 8 heteroatoms. The third-order valence-corrected chi connectivity index (χ3v) is 5.97. The summed E-state index contributed by atoms with van der Waals surface area (Å²) >= 11 is 0.997. The molecule has 0 radical (unpaired) electrons. The van der Waals surface area contributed by atoms with Crippen LogP contribution in [-0.2, 0) is 30.7 Å². The standard InChI is InChI=1S/C13H19NO5S2/c1-18-9-3-2-4-10(7-9)19-12(15)8-11-5-6-13(20-11)21(14,16)17/h5-6,9-10H,2-4,7-8H2,1H3,(H2,14,16,17). The molecule has 2 rings (SSSR count). The number of carbonyl (C=O) groups is 1. The van der Waals surface area contributed by atoms with E-state index in [1.54, 1.807) is 13.2 Å². The molecule has 1 aromatic rings. The van der Waals surface area contributed by atoms with Crippen molar-refractivity contribution in [2.75, 3.05) is 7.11 Å². The van der Waals surface area contributed by atoms with Crippen molar-refractivity contribution < 1.29 is 22.7 Å².